The SMILES string of the molecule is Cc1cccc(C)c1NC(=O)COc1ccc(-c2cn3cc([N+](=O)[O-])ccc3n2)cc1. The van der Waals surface area contributed by atoms with Crippen LogP contribution in [0.25, 0.3) is 16.9 Å². The number of nitrogens with zero attached hydrogens (tertiary/aromatic N) is 3. The fourth-order valence-electron chi connectivity index (χ4n) is 3.29. The van der Waals surface area contributed by atoms with E-state index in [1.165, 1.54) is 12.3 Å². The zero-order chi connectivity index (χ0) is 22.0. The van der Waals surface area contributed by atoms with Crippen LogP contribution < -0.4 is 10.1 Å². The molecule has 31 heavy (non-hydrogen) atoms. The first-order chi connectivity index (χ1) is 14.9. The van der Waals surface area contributed by atoms with Crippen molar-refractivity contribution in [2.45, 2.75) is 13.8 Å². The zero-order valence-electron chi connectivity index (χ0n) is 17.0. The van der Waals surface area contributed by atoms with E-state index in [9.17, 15) is 14.9 Å². The molecule has 8 nitrogen and oxygen atoms in total. The third-order valence-electron chi connectivity index (χ3n) is 4.91. The van der Waals surface area contributed by atoms with Gasteiger partial charge in [0.2, 0.25) is 0 Å². The number of rotatable bonds is 6. The van der Waals surface area contributed by atoms with Gasteiger partial charge in [0.1, 0.15) is 11.4 Å². The first kappa shape index (κ1) is 20.1. The van der Waals surface area contributed by atoms with Gasteiger partial charge in [0.15, 0.2) is 6.61 Å². The molecular weight excluding hydrogens is 396 g/mol. The predicted molar refractivity (Wildman–Crippen MR) is 117 cm³/mol. The van der Waals surface area contributed by atoms with Gasteiger partial charge in [-0.25, -0.2) is 4.98 Å². The van der Waals surface area contributed by atoms with Crippen LogP contribution in [-0.4, -0.2) is 26.8 Å². The van der Waals surface area contributed by atoms with Gasteiger partial charge in [-0.05, 0) is 55.3 Å². The highest BCUT2D eigenvalue weighted by atomic mass is 16.6. The highest BCUT2D eigenvalue weighted by Crippen LogP contribution is 2.24. The minimum atomic E-state index is -0.443. The number of nitrogens with one attached hydrogen (secondary N) is 1. The van der Waals surface area contributed by atoms with E-state index in [-0.39, 0.29) is 18.2 Å². The summed E-state index contributed by atoms with van der Waals surface area (Å²) in [5.41, 5.74) is 4.92. The van der Waals surface area contributed by atoms with Crippen molar-refractivity contribution in [2.75, 3.05) is 11.9 Å². The van der Waals surface area contributed by atoms with Crippen molar-refractivity contribution in [3.63, 3.8) is 0 Å². The Morgan fingerprint density at radius 3 is 2.45 bits per heavy atom. The molecule has 0 unspecified atom stereocenters. The van der Waals surface area contributed by atoms with Crippen molar-refractivity contribution < 1.29 is 14.5 Å². The molecule has 2 aromatic heterocycles. The summed E-state index contributed by atoms with van der Waals surface area (Å²) in [6.07, 6.45) is 3.16. The van der Waals surface area contributed by atoms with Gasteiger partial charge in [0.25, 0.3) is 11.6 Å². The van der Waals surface area contributed by atoms with Crippen molar-refractivity contribution in [2.24, 2.45) is 0 Å². The predicted octanol–water partition coefficient (Wildman–Crippen LogP) is 4.54. The number of anilines is 1. The van der Waals surface area contributed by atoms with Gasteiger partial charge in [-0.3, -0.25) is 19.3 Å². The second-order valence-corrected chi connectivity index (χ2v) is 7.16. The molecule has 0 radical (unpaired) electrons. The molecule has 2 heterocycles. The fourth-order valence-corrected chi connectivity index (χ4v) is 3.29. The van der Waals surface area contributed by atoms with Gasteiger partial charge in [-0.1, -0.05) is 18.2 Å². The average molecular weight is 416 g/mol. The topological polar surface area (TPSA) is 98.8 Å². The van der Waals surface area contributed by atoms with Crippen LogP contribution in [0.5, 0.6) is 5.75 Å². The standard InChI is InChI=1S/C23H20N4O4/c1-15-4-3-5-16(2)23(15)25-22(28)14-31-19-9-6-17(7-10-19)20-13-26-12-18(27(29)30)8-11-21(26)24-20/h3-13H,14H2,1-2H3,(H,25,28). The molecule has 0 saturated carbocycles. The minimum absolute atomic E-state index is 0.000588. The number of fused-ring (bicyclic) bond motifs is 1. The lowest BCUT2D eigenvalue weighted by molar-refractivity contribution is -0.385. The van der Waals surface area contributed by atoms with E-state index in [2.05, 4.69) is 10.3 Å². The van der Waals surface area contributed by atoms with Crippen molar-refractivity contribution in [1.29, 1.82) is 0 Å². The lowest BCUT2D eigenvalue weighted by Gasteiger charge is -2.12. The van der Waals surface area contributed by atoms with E-state index in [0.29, 0.717) is 17.1 Å². The number of carbonyl (C=O) groups is 1. The summed E-state index contributed by atoms with van der Waals surface area (Å²) in [4.78, 5) is 27.2. The molecule has 0 spiro atoms. The van der Waals surface area contributed by atoms with Crippen molar-refractivity contribution in [3.8, 4) is 17.0 Å². The summed E-state index contributed by atoms with van der Waals surface area (Å²) in [6, 6.07) is 16.0. The molecule has 2 aromatic carbocycles. The number of nitro groups is 1. The smallest absolute Gasteiger partial charge is 0.286 e. The van der Waals surface area contributed by atoms with E-state index in [1.54, 1.807) is 28.8 Å². The van der Waals surface area contributed by atoms with E-state index in [1.807, 2.05) is 44.2 Å². The van der Waals surface area contributed by atoms with Crippen LogP contribution in [0, 0.1) is 24.0 Å². The maximum Gasteiger partial charge on any atom is 0.286 e. The summed E-state index contributed by atoms with van der Waals surface area (Å²) in [5, 5.41) is 13.8. The Hall–Kier alpha value is -4.20. The summed E-state index contributed by atoms with van der Waals surface area (Å²) < 4.78 is 7.22. The van der Waals surface area contributed by atoms with E-state index < -0.39 is 4.92 Å². The molecule has 4 rings (SSSR count). The Morgan fingerprint density at radius 1 is 1.06 bits per heavy atom. The van der Waals surface area contributed by atoms with E-state index >= 15 is 0 Å². The highest BCUT2D eigenvalue weighted by Gasteiger charge is 2.11. The Kier molecular flexibility index (Phi) is 5.36. The Bertz CT molecular complexity index is 1260. The molecule has 4 aromatic rings. The molecule has 0 aliphatic carbocycles. The molecule has 1 N–H and O–H groups in total. The third-order valence-corrected chi connectivity index (χ3v) is 4.91. The number of aromatic nitrogens is 2. The first-order valence-corrected chi connectivity index (χ1v) is 9.63. The van der Waals surface area contributed by atoms with Crippen LogP contribution in [0.1, 0.15) is 11.1 Å². The molecule has 0 saturated heterocycles. The summed E-state index contributed by atoms with van der Waals surface area (Å²) >= 11 is 0. The molecule has 156 valence electrons. The maximum absolute atomic E-state index is 12.3. The number of hydrogen-bond donors (Lipinski definition) is 1. The number of pyridine rings is 1. The van der Waals surface area contributed by atoms with E-state index in [4.69, 9.17) is 4.74 Å². The van der Waals surface area contributed by atoms with Crippen LogP contribution >= 0.6 is 0 Å². The second-order valence-electron chi connectivity index (χ2n) is 7.16. The van der Waals surface area contributed by atoms with Gasteiger partial charge >= 0.3 is 0 Å². The quantitative estimate of drug-likeness (QED) is 0.367. The fraction of sp³-hybridized carbons (Fsp3) is 0.130. The van der Waals surface area contributed by atoms with Gasteiger partial charge < -0.3 is 10.1 Å². The third kappa shape index (κ3) is 4.37. The van der Waals surface area contributed by atoms with Crippen LogP contribution in [0.2, 0.25) is 0 Å². The number of carbonyl (C=O) groups excluding carboxylic acids is 1. The number of hydrogen-bond acceptors (Lipinski definition) is 5. The molecule has 0 aliphatic heterocycles. The number of benzene rings is 2. The lowest BCUT2D eigenvalue weighted by atomic mass is 10.1. The number of imidazole rings is 1. The maximum atomic E-state index is 12.3. The van der Waals surface area contributed by atoms with Crippen LogP contribution in [0.15, 0.2) is 67.0 Å². The molecule has 0 bridgehead atoms. The second kappa shape index (κ2) is 8.27. The highest BCUT2D eigenvalue weighted by molar-refractivity contribution is 5.93. The van der Waals surface area contributed by atoms with E-state index in [0.717, 1.165) is 22.4 Å². The average Bonchev–Trinajstić information content (AvgIpc) is 3.18. The van der Waals surface area contributed by atoms with Crippen LogP contribution in [-0.2, 0) is 4.79 Å². The van der Waals surface area contributed by atoms with Gasteiger partial charge in [0.05, 0.1) is 16.8 Å². The van der Waals surface area contributed by atoms with Crippen molar-refractivity contribution in [1.82, 2.24) is 9.38 Å². The largest absolute Gasteiger partial charge is 0.484 e. The molecule has 0 fully saturated rings. The zero-order valence-corrected chi connectivity index (χ0v) is 17.0. The Morgan fingerprint density at radius 2 is 1.77 bits per heavy atom. The first-order valence-electron chi connectivity index (χ1n) is 9.63. The van der Waals surface area contributed by atoms with Gasteiger partial charge in [-0.15, -0.1) is 0 Å². The Balaban J connectivity index is 1.42. The molecule has 1 amide bonds. The minimum Gasteiger partial charge on any atom is -0.484 e. The summed E-state index contributed by atoms with van der Waals surface area (Å²) in [7, 11) is 0. The monoisotopic (exact) mass is 416 g/mol. The molecule has 0 atom stereocenters. The molecular formula is C23H20N4O4. The van der Waals surface area contributed by atoms with Crippen molar-refractivity contribution in [3.05, 3.63) is 88.2 Å². The van der Waals surface area contributed by atoms with Crippen LogP contribution in [0.3, 0.4) is 0 Å². The van der Waals surface area contributed by atoms with Crippen LogP contribution in [0.4, 0.5) is 11.4 Å². The normalized spacial score (nSPS) is 10.8. The summed E-state index contributed by atoms with van der Waals surface area (Å²) in [5.74, 6) is 0.322. The summed E-state index contributed by atoms with van der Waals surface area (Å²) in [6.45, 7) is 3.78. The number of aryl methyl sites for hydroxylation is 2. The van der Waals surface area contributed by atoms with Gasteiger partial charge in [-0.2, -0.15) is 0 Å². The number of amides is 1. The number of ether oxygens (including phenoxy) is 1. The molecule has 0 aliphatic rings. The Labute approximate surface area is 178 Å². The molecule has 8 heteroatoms. The van der Waals surface area contributed by atoms with Gasteiger partial charge in [0, 0.05) is 23.5 Å². The van der Waals surface area contributed by atoms with Crippen molar-refractivity contribution >= 4 is 22.9 Å². The lowest BCUT2D eigenvalue weighted by Crippen LogP contribution is -2.21. The number of para-hydroxylation sites is 1.